The first-order valence-electron chi connectivity index (χ1n) is 13.5. The number of hydrogen-bond acceptors (Lipinski definition) is 2. The third kappa shape index (κ3) is 2.90. The predicted molar refractivity (Wildman–Crippen MR) is 165 cm³/mol. The second kappa shape index (κ2) is 8.01. The lowest BCUT2D eigenvalue weighted by Crippen LogP contribution is -1.99. The van der Waals surface area contributed by atoms with E-state index in [2.05, 4.69) is 123 Å². The van der Waals surface area contributed by atoms with Crippen molar-refractivity contribution in [2.24, 2.45) is 0 Å². The maximum Gasteiger partial charge on any atom is 0.138 e. The van der Waals surface area contributed by atoms with E-state index < -0.39 is 0 Å². The Morgan fingerprint density at radius 2 is 1.23 bits per heavy atom. The van der Waals surface area contributed by atoms with E-state index in [1.165, 1.54) is 48.9 Å². The average Bonchev–Trinajstić information content (AvgIpc) is 3.57. The van der Waals surface area contributed by atoms with Crippen LogP contribution in [-0.4, -0.2) is 18.9 Å². The van der Waals surface area contributed by atoms with Crippen molar-refractivity contribution in [2.75, 3.05) is 0 Å². The van der Waals surface area contributed by atoms with E-state index >= 15 is 0 Å². The van der Waals surface area contributed by atoms with E-state index in [-0.39, 0.29) is 0 Å². The van der Waals surface area contributed by atoms with Crippen LogP contribution in [0.4, 0.5) is 0 Å². The van der Waals surface area contributed by atoms with Gasteiger partial charge < -0.3 is 4.40 Å². The number of benzene rings is 4. The molecule has 0 N–H and O–H groups in total. The molecule has 4 heteroatoms. The highest BCUT2D eigenvalue weighted by molar-refractivity contribution is 6.22. The molecule has 0 radical (unpaired) electrons. The molecular formula is C36H22N4. The third-order valence-electron chi connectivity index (χ3n) is 8.15. The van der Waals surface area contributed by atoms with E-state index in [4.69, 9.17) is 4.98 Å². The minimum Gasteiger partial charge on any atom is -0.309 e. The molecule has 0 aliphatic rings. The lowest BCUT2D eigenvalue weighted by molar-refractivity contribution is 1.08. The summed E-state index contributed by atoms with van der Waals surface area (Å²) >= 11 is 0. The summed E-state index contributed by atoms with van der Waals surface area (Å²) in [5.41, 5.74) is 7.87. The molecule has 0 spiro atoms. The minimum absolute atomic E-state index is 0.894. The van der Waals surface area contributed by atoms with Crippen LogP contribution in [0.1, 0.15) is 0 Å². The second-order valence-electron chi connectivity index (χ2n) is 10.3. The molecule has 0 atom stereocenters. The molecular weight excluding hydrogens is 488 g/mol. The first kappa shape index (κ1) is 21.5. The molecule has 186 valence electrons. The van der Waals surface area contributed by atoms with Crippen molar-refractivity contribution in [1.29, 1.82) is 0 Å². The SMILES string of the molecule is c1cncc(-c2cccc(-n3c4ccccc4c4cc5c(cc43)c3ccccc3n3c4ccccc4cc53)n2)c1. The van der Waals surface area contributed by atoms with E-state index in [9.17, 15) is 0 Å². The topological polar surface area (TPSA) is 35.1 Å². The Kier molecular flexibility index (Phi) is 4.30. The smallest absolute Gasteiger partial charge is 0.138 e. The molecule has 9 aromatic rings. The molecule has 0 saturated heterocycles. The van der Waals surface area contributed by atoms with Crippen LogP contribution in [0.3, 0.4) is 0 Å². The van der Waals surface area contributed by atoms with Gasteiger partial charge in [-0.1, -0.05) is 60.7 Å². The van der Waals surface area contributed by atoms with Crippen molar-refractivity contribution in [3.8, 4) is 17.1 Å². The monoisotopic (exact) mass is 510 g/mol. The van der Waals surface area contributed by atoms with Crippen LogP contribution in [0.15, 0.2) is 134 Å². The Labute approximate surface area is 229 Å². The second-order valence-corrected chi connectivity index (χ2v) is 10.3. The fraction of sp³-hybridized carbons (Fsp3) is 0. The van der Waals surface area contributed by atoms with Gasteiger partial charge in [-0.05, 0) is 66.0 Å². The highest BCUT2D eigenvalue weighted by atomic mass is 15.1. The van der Waals surface area contributed by atoms with E-state index in [1.807, 2.05) is 18.3 Å². The van der Waals surface area contributed by atoms with Gasteiger partial charge in [-0.15, -0.1) is 0 Å². The summed E-state index contributed by atoms with van der Waals surface area (Å²) in [7, 11) is 0. The number of aromatic nitrogens is 4. The Bertz CT molecular complexity index is 2430. The third-order valence-corrected chi connectivity index (χ3v) is 8.15. The number of para-hydroxylation sites is 3. The molecule has 0 aliphatic heterocycles. The zero-order chi connectivity index (χ0) is 26.2. The van der Waals surface area contributed by atoms with Crippen LogP contribution in [0.2, 0.25) is 0 Å². The molecule has 5 heterocycles. The van der Waals surface area contributed by atoms with Crippen molar-refractivity contribution >= 4 is 59.9 Å². The summed E-state index contributed by atoms with van der Waals surface area (Å²) in [6.07, 6.45) is 3.66. The molecule has 4 nitrogen and oxygen atoms in total. The maximum absolute atomic E-state index is 5.13. The van der Waals surface area contributed by atoms with Gasteiger partial charge in [-0.2, -0.15) is 0 Å². The van der Waals surface area contributed by atoms with Crippen molar-refractivity contribution in [3.63, 3.8) is 0 Å². The van der Waals surface area contributed by atoms with Gasteiger partial charge in [0, 0.05) is 44.9 Å². The van der Waals surface area contributed by atoms with Gasteiger partial charge in [0.05, 0.1) is 33.3 Å². The fourth-order valence-corrected chi connectivity index (χ4v) is 6.43. The number of pyridine rings is 3. The quantitative estimate of drug-likeness (QED) is 0.218. The average molecular weight is 511 g/mol. The van der Waals surface area contributed by atoms with Crippen LogP contribution >= 0.6 is 0 Å². The molecule has 0 amide bonds. The van der Waals surface area contributed by atoms with Gasteiger partial charge in [0.1, 0.15) is 5.82 Å². The molecule has 40 heavy (non-hydrogen) atoms. The molecule has 9 rings (SSSR count). The highest BCUT2D eigenvalue weighted by Crippen LogP contribution is 2.40. The normalized spacial score (nSPS) is 12.0. The first-order valence-corrected chi connectivity index (χ1v) is 13.5. The number of fused-ring (bicyclic) bond motifs is 11. The van der Waals surface area contributed by atoms with Gasteiger partial charge in [0.2, 0.25) is 0 Å². The fourth-order valence-electron chi connectivity index (χ4n) is 6.43. The van der Waals surface area contributed by atoms with Gasteiger partial charge >= 0.3 is 0 Å². The van der Waals surface area contributed by atoms with E-state index in [0.29, 0.717) is 0 Å². The van der Waals surface area contributed by atoms with Crippen molar-refractivity contribution in [3.05, 3.63) is 134 Å². The van der Waals surface area contributed by atoms with Gasteiger partial charge in [-0.3, -0.25) is 9.55 Å². The molecule has 0 fully saturated rings. The van der Waals surface area contributed by atoms with Crippen molar-refractivity contribution in [1.82, 2.24) is 18.9 Å². The van der Waals surface area contributed by atoms with Gasteiger partial charge in [-0.25, -0.2) is 4.98 Å². The van der Waals surface area contributed by atoms with Crippen LogP contribution < -0.4 is 0 Å². The Balaban J connectivity index is 1.45. The van der Waals surface area contributed by atoms with Crippen LogP contribution in [-0.2, 0) is 0 Å². The lowest BCUT2D eigenvalue weighted by Gasteiger charge is -2.12. The molecule has 4 aromatic carbocycles. The standard InChI is InChI=1S/C36H22N4/c1-4-14-31-23(9-1)19-34-29-20-28-26-12-3-6-16-33(26)40(36-17-7-13-30(38-36)24-10-8-18-37-22-24)35(28)21-27(29)25-11-2-5-15-32(25)39(31)34/h1-22H. The summed E-state index contributed by atoms with van der Waals surface area (Å²) in [5, 5.41) is 7.42. The van der Waals surface area contributed by atoms with Crippen molar-refractivity contribution in [2.45, 2.75) is 0 Å². The Hall–Kier alpha value is -5.48. The summed E-state index contributed by atoms with van der Waals surface area (Å²) in [6.45, 7) is 0. The zero-order valence-electron chi connectivity index (χ0n) is 21.5. The van der Waals surface area contributed by atoms with Crippen LogP contribution in [0, 0.1) is 0 Å². The van der Waals surface area contributed by atoms with Crippen LogP contribution in [0.25, 0.3) is 77.0 Å². The highest BCUT2D eigenvalue weighted by Gasteiger charge is 2.18. The van der Waals surface area contributed by atoms with Crippen molar-refractivity contribution < 1.29 is 0 Å². The van der Waals surface area contributed by atoms with Crippen LogP contribution in [0.5, 0.6) is 0 Å². The summed E-state index contributed by atoms with van der Waals surface area (Å²) in [4.78, 5) is 9.43. The lowest BCUT2D eigenvalue weighted by atomic mass is 10.0. The summed E-state index contributed by atoms with van der Waals surface area (Å²) < 4.78 is 4.72. The Morgan fingerprint density at radius 1 is 0.475 bits per heavy atom. The molecule has 5 aromatic heterocycles. The molecule has 0 unspecified atom stereocenters. The predicted octanol–water partition coefficient (Wildman–Crippen LogP) is 8.95. The Morgan fingerprint density at radius 3 is 2.08 bits per heavy atom. The first-order chi connectivity index (χ1) is 19.8. The summed E-state index contributed by atoms with van der Waals surface area (Å²) in [6, 6.07) is 43.3. The van der Waals surface area contributed by atoms with E-state index in [1.54, 1.807) is 6.20 Å². The number of hydrogen-bond donors (Lipinski definition) is 0. The van der Waals surface area contributed by atoms with Gasteiger partial charge in [0.25, 0.3) is 0 Å². The van der Waals surface area contributed by atoms with E-state index in [0.717, 1.165) is 28.1 Å². The number of rotatable bonds is 2. The molecule has 0 aliphatic carbocycles. The number of nitrogens with zero attached hydrogens (tertiary/aromatic N) is 4. The maximum atomic E-state index is 5.13. The molecule has 0 saturated carbocycles. The zero-order valence-corrected chi connectivity index (χ0v) is 21.5. The largest absolute Gasteiger partial charge is 0.309 e. The molecule has 0 bridgehead atoms. The minimum atomic E-state index is 0.894. The van der Waals surface area contributed by atoms with Gasteiger partial charge in [0.15, 0.2) is 0 Å². The summed E-state index contributed by atoms with van der Waals surface area (Å²) in [5.74, 6) is 0.894.